The van der Waals surface area contributed by atoms with E-state index < -0.39 is 11.7 Å². The average Bonchev–Trinajstić information content (AvgIpc) is 2.59. The first-order valence-electron chi connectivity index (χ1n) is 5.15. The van der Waals surface area contributed by atoms with E-state index in [1.165, 1.54) is 0 Å². The highest BCUT2D eigenvalue weighted by Crippen LogP contribution is 2.21. The van der Waals surface area contributed by atoms with Crippen LogP contribution in [0.1, 0.15) is 20.8 Å². The maximum atomic E-state index is 11.4. The van der Waals surface area contributed by atoms with Crippen LogP contribution in [0.3, 0.4) is 0 Å². The molecule has 1 heterocycles. The molecule has 0 aromatic rings. The van der Waals surface area contributed by atoms with Gasteiger partial charge in [-0.1, -0.05) is 0 Å². The van der Waals surface area contributed by atoms with Crippen LogP contribution in [0.25, 0.3) is 0 Å². The van der Waals surface area contributed by atoms with Gasteiger partial charge in [0.05, 0.1) is 11.9 Å². The van der Waals surface area contributed by atoms with Crippen molar-refractivity contribution in [2.75, 3.05) is 18.8 Å². The molecule has 1 N–H and O–H groups in total. The van der Waals surface area contributed by atoms with Crippen molar-refractivity contribution in [3.63, 3.8) is 0 Å². The third kappa shape index (κ3) is 4.30. The molecule has 1 aliphatic rings. The maximum Gasteiger partial charge on any atom is 0.407 e. The Morgan fingerprint density at radius 1 is 1.62 bits per heavy atom. The standard InChI is InChI=1S/C10H17N2O3S/c1-10(2,3)15-9(14)11-6-8-12(7-13)4-5-16-8/h8H,4-6H2,1-3H3,(H,11,14). The highest BCUT2D eigenvalue weighted by Gasteiger charge is 2.25. The zero-order valence-corrected chi connectivity index (χ0v) is 10.6. The van der Waals surface area contributed by atoms with E-state index in [1.54, 1.807) is 16.7 Å². The fourth-order valence-corrected chi connectivity index (χ4v) is 2.38. The normalized spacial score (nSPS) is 20.7. The second-order valence-electron chi connectivity index (χ2n) is 4.49. The van der Waals surface area contributed by atoms with E-state index in [0.717, 1.165) is 5.75 Å². The summed E-state index contributed by atoms with van der Waals surface area (Å²) >= 11 is 1.63. The van der Waals surface area contributed by atoms with Gasteiger partial charge in [-0.2, -0.15) is 0 Å². The highest BCUT2D eigenvalue weighted by molar-refractivity contribution is 8.00. The monoisotopic (exact) mass is 245 g/mol. The lowest BCUT2D eigenvalue weighted by atomic mass is 10.2. The van der Waals surface area contributed by atoms with Crippen molar-refractivity contribution in [3.05, 3.63) is 0 Å². The Labute approximate surface area is 99.9 Å². The molecule has 0 aromatic heterocycles. The summed E-state index contributed by atoms with van der Waals surface area (Å²) < 4.78 is 5.09. The molecular weight excluding hydrogens is 228 g/mol. The predicted octanol–water partition coefficient (Wildman–Crippen LogP) is 0.953. The molecule has 1 radical (unpaired) electrons. The number of ether oxygens (including phenoxy) is 1. The van der Waals surface area contributed by atoms with Crippen LogP contribution in [-0.4, -0.2) is 47.2 Å². The Kier molecular flexibility index (Phi) is 4.46. The summed E-state index contributed by atoms with van der Waals surface area (Å²) in [5.74, 6) is 0.885. The van der Waals surface area contributed by atoms with Crippen LogP contribution in [0.15, 0.2) is 0 Å². The van der Waals surface area contributed by atoms with Crippen LogP contribution in [0.2, 0.25) is 0 Å². The van der Waals surface area contributed by atoms with Crippen LogP contribution in [-0.2, 0) is 9.53 Å². The number of nitrogens with one attached hydrogen (secondary N) is 1. The van der Waals surface area contributed by atoms with Crippen molar-refractivity contribution in [2.45, 2.75) is 31.7 Å². The van der Waals surface area contributed by atoms with Crippen molar-refractivity contribution in [2.24, 2.45) is 0 Å². The van der Waals surface area contributed by atoms with Gasteiger partial charge in [-0.3, -0.25) is 4.79 Å². The summed E-state index contributed by atoms with van der Waals surface area (Å²) in [7, 11) is 0. The van der Waals surface area contributed by atoms with E-state index in [4.69, 9.17) is 4.74 Å². The number of carbonyl (C=O) groups excluding carboxylic acids is 2. The minimum atomic E-state index is -0.497. The Morgan fingerprint density at radius 3 is 2.88 bits per heavy atom. The Balaban J connectivity index is 2.29. The second kappa shape index (κ2) is 5.43. The minimum Gasteiger partial charge on any atom is -0.444 e. The quantitative estimate of drug-likeness (QED) is 0.804. The molecule has 1 rings (SSSR count). The van der Waals surface area contributed by atoms with Gasteiger partial charge in [0.1, 0.15) is 5.60 Å². The summed E-state index contributed by atoms with van der Waals surface area (Å²) in [5.41, 5.74) is -0.497. The Morgan fingerprint density at radius 2 is 2.31 bits per heavy atom. The van der Waals surface area contributed by atoms with Crippen LogP contribution in [0.5, 0.6) is 0 Å². The first-order chi connectivity index (χ1) is 7.42. The van der Waals surface area contributed by atoms with Gasteiger partial charge in [-0.25, -0.2) is 4.79 Å². The number of hydrogen-bond donors (Lipinski definition) is 1. The number of carbonyl (C=O) groups is 1. The lowest BCUT2D eigenvalue weighted by Crippen LogP contribution is -2.40. The van der Waals surface area contributed by atoms with Gasteiger partial charge in [-0.05, 0) is 20.8 Å². The summed E-state index contributed by atoms with van der Waals surface area (Å²) in [6.45, 7) is 6.51. The lowest BCUT2D eigenvalue weighted by molar-refractivity contribution is 0.0523. The number of thioether (sulfide) groups is 1. The summed E-state index contributed by atoms with van der Waals surface area (Å²) in [6, 6.07) is 0. The van der Waals surface area contributed by atoms with E-state index in [9.17, 15) is 9.59 Å². The Hall–Kier alpha value is -0.910. The van der Waals surface area contributed by atoms with Crippen molar-refractivity contribution in [1.82, 2.24) is 10.2 Å². The van der Waals surface area contributed by atoms with Crippen LogP contribution < -0.4 is 5.32 Å². The smallest absolute Gasteiger partial charge is 0.407 e. The molecule has 0 aromatic carbocycles. The van der Waals surface area contributed by atoms with Crippen LogP contribution in [0, 0.1) is 0 Å². The van der Waals surface area contributed by atoms with Crippen LogP contribution in [0.4, 0.5) is 4.79 Å². The minimum absolute atomic E-state index is 0.0231. The largest absolute Gasteiger partial charge is 0.444 e. The molecule has 1 fully saturated rings. The summed E-state index contributed by atoms with van der Waals surface area (Å²) in [5, 5.41) is 2.62. The summed E-state index contributed by atoms with van der Waals surface area (Å²) in [6.07, 6.45) is 1.40. The van der Waals surface area contributed by atoms with Crippen molar-refractivity contribution in [1.29, 1.82) is 0 Å². The van der Waals surface area contributed by atoms with E-state index in [1.807, 2.05) is 27.2 Å². The molecule has 91 valence electrons. The number of amides is 2. The third-order valence-corrected chi connectivity index (χ3v) is 3.15. The molecule has 1 aliphatic heterocycles. The molecular formula is C10H17N2O3S. The van der Waals surface area contributed by atoms with E-state index in [0.29, 0.717) is 13.1 Å². The molecule has 0 bridgehead atoms. The Bertz CT molecular complexity index is 265. The van der Waals surface area contributed by atoms with E-state index in [-0.39, 0.29) is 5.37 Å². The number of nitrogens with zero attached hydrogens (tertiary/aromatic N) is 1. The third-order valence-electron chi connectivity index (χ3n) is 1.93. The average molecular weight is 245 g/mol. The maximum absolute atomic E-state index is 11.4. The van der Waals surface area contributed by atoms with Gasteiger partial charge >= 0.3 is 12.5 Å². The van der Waals surface area contributed by atoms with Crippen molar-refractivity contribution >= 4 is 24.3 Å². The molecule has 0 saturated carbocycles. The van der Waals surface area contributed by atoms with Crippen molar-refractivity contribution < 1.29 is 14.3 Å². The fraction of sp³-hybridized carbons (Fsp3) is 0.800. The number of rotatable bonds is 3. The molecule has 1 atom stereocenters. The second-order valence-corrected chi connectivity index (χ2v) is 5.78. The van der Waals surface area contributed by atoms with E-state index in [2.05, 4.69) is 5.32 Å². The van der Waals surface area contributed by atoms with Gasteiger partial charge in [-0.15, -0.1) is 11.8 Å². The number of alkyl carbamates (subject to hydrolysis) is 1. The van der Waals surface area contributed by atoms with E-state index >= 15 is 0 Å². The van der Waals surface area contributed by atoms with Gasteiger partial charge < -0.3 is 15.0 Å². The molecule has 16 heavy (non-hydrogen) atoms. The predicted molar refractivity (Wildman–Crippen MR) is 62.9 cm³/mol. The molecule has 0 spiro atoms. The molecule has 5 nitrogen and oxygen atoms in total. The van der Waals surface area contributed by atoms with Gasteiger partial charge in [0.25, 0.3) is 0 Å². The first-order valence-corrected chi connectivity index (χ1v) is 6.20. The SMILES string of the molecule is CC(C)(C)OC(=O)NCC1SCCN1[C]=O. The summed E-state index contributed by atoms with van der Waals surface area (Å²) in [4.78, 5) is 23.4. The van der Waals surface area contributed by atoms with Crippen molar-refractivity contribution in [3.8, 4) is 0 Å². The molecule has 1 saturated heterocycles. The zero-order chi connectivity index (χ0) is 12.2. The zero-order valence-electron chi connectivity index (χ0n) is 9.78. The van der Waals surface area contributed by atoms with Gasteiger partial charge in [0, 0.05) is 12.3 Å². The molecule has 2 amide bonds. The molecule has 1 unspecified atom stereocenters. The van der Waals surface area contributed by atoms with Gasteiger partial charge in [0.2, 0.25) is 0 Å². The fourth-order valence-electron chi connectivity index (χ4n) is 1.28. The lowest BCUT2D eigenvalue weighted by Gasteiger charge is -2.22. The number of hydrogen-bond acceptors (Lipinski definition) is 4. The molecule has 6 heteroatoms. The first kappa shape index (κ1) is 13.2. The van der Waals surface area contributed by atoms with Gasteiger partial charge in [0.15, 0.2) is 0 Å². The topological polar surface area (TPSA) is 58.6 Å². The van der Waals surface area contributed by atoms with Crippen LogP contribution >= 0.6 is 11.8 Å². The molecule has 0 aliphatic carbocycles. The highest BCUT2D eigenvalue weighted by atomic mass is 32.2.